The highest BCUT2D eigenvalue weighted by molar-refractivity contribution is 5.72. The molecule has 1 aromatic carbocycles. The highest BCUT2D eigenvalue weighted by Gasteiger charge is 2.22. The molecule has 0 spiro atoms. The fraction of sp³-hybridized carbons (Fsp3) is 0.550. The Balaban J connectivity index is 2.74. The van der Waals surface area contributed by atoms with Gasteiger partial charge in [-0.3, -0.25) is 4.79 Å². The van der Waals surface area contributed by atoms with Crippen LogP contribution in [0.25, 0.3) is 0 Å². The van der Waals surface area contributed by atoms with Crippen LogP contribution < -0.4 is 11.1 Å². The van der Waals surface area contributed by atoms with E-state index in [2.05, 4.69) is 69.4 Å². The number of carbonyl (C=O) groups is 1. The molecular formula is C20H32N2O2. The molecule has 1 rings (SSSR count). The SMILES string of the molecule is CNc1ccc(C(C)(C)/C=C/C(C)(C)COC(=O)C(C)CN)cc1. The summed E-state index contributed by atoms with van der Waals surface area (Å²) in [5.74, 6) is -0.493. The number of ether oxygens (including phenoxy) is 1. The van der Waals surface area contributed by atoms with Crippen LogP contribution >= 0.6 is 0 Å². The van der Waals surface area contributed by atoms with Gasteiger partial charge in [0.25, 0.3) is 0 Å². The van der Waals surface area contributed by atoms with E-state index < -0.39 is 0 Å². The van der Waals surface area contributed by atoms with Crippen LogP contribution in [0.15, 0.2) is 36.4 Å². The van der Waals surface area contributed by atoms with Crippen LogP contribution in [-0.4, -0.2) is 26.2 Å². The molecule has 0 aromatic heterocycles. The second kappa shape index (κ2) is 8.34. The van der Waals surface area contributed by atoms with Crippen molar-refractivity contribution in [2.24, 2.45) is 17.1 Å². The first-order valence-electron chi connectivity index (χ1n) is 8.47. The summed E-state index contributed by atoms with van der Waals surface area (Å²) in [6.45, 7) is 10.9. The zero-order chi connectivity index (χ0) is 18.4. The van der Waals surface area contributed by atoms with Gasteiger partial charge in [0.2, 0.25) is 0 Å². The first-order valence-corrected chi connectivity index (χ1v) is 8.47. The molecule has 0 bridgehead atoms. The fourth-order valence-electron chi connectivity index (χ4n) is 2.14. The van der Waals surface area contributed by atoms with Gasteiger partial charge in [-0.15, -0.1) is 0 Å². The quantitative estimate of drug-likeness (QED) is 0.562. The largest absolute Gasteiger partial charge is 0.465 e. The standard InChI is InChI=1S/C20H32N2O2/c1-15(13-21)18(23)24-14-19(2,3)11-12-20(4,5)16-7-9-17(22-6)10-8-16/h7-12,15,22H,13-14,21H2,1-6H3/b12-11+. The van der Waals surface area contributed by atoms with Crippen LogP contribution in [0, 0.1) is 11.3 Å². The topological polar surface area (TPSA) is 64.3 Å². The molecular weight excluding hydrogens is 300 g/mol. The lowest BCUT2D eigenvalue weighted by atomic mass is 9.81. The minimum Gasteiger partial charge on any atom is -0.465 e. The van der Waals surface area contributed by atoms with Crippen molar-refractivity contribution in [1.82, 2.24) is 0 Å². The van der Waals surface area contributed by atoms with E-state index in [4.69, 9.17) is 10.5 Å². The molecule has 0 saturated carbocycles. The van der Waals surface area contributed by atoms with Gasteiger partial charge in [-0.2, -0.15) is 0 Å². The third kappa shape index (κ3) is 6.00. The predicted octanol–water partition coefficient (Wildman–Crippen LogP) is 3.73. The van der Waals surface area contributed by atoms with E-state index in [9.17, 15) is 4.79 Å². The zero-order valence-corrected chi connectivity index (χ0v) is 15.8. The van der Waals surface area contributed by atoms with E-state index in [-0.39, 0.29) is 22.7 Å². The lowest BCUT2D eigenvalue weighted by Gasteiger charge is -2.26. The molecule has 0 heterocycles. The number of benzene rings is 1. The second-order valence-corrected chi connectivity index (χ2v) is 7.62. The van der Waals surface area contributed by atoms with Crippen LogP contribution in [0.2, 0.25) is 0 Å². The molecule has 0 saturated heterocycles. The van der Waals surface area contributed by atoms with Gasteiger partial charge >= 0.3 is 5.97 Å². The van der Waals surface area contributed by atoms with Crippen molar-refractivity contribution >= 4 is 11.7 Å². The van der Waals surface area contributed by atoms with E-state index in [1.165, 1.54) is 5.56 Å². The van der Waals surface area contributed by atoms with E-state index >= 15 is 0 Å². The molecule has 134 valence electrons. The van der Waals surface area contributed by atoms with Crippen molar-refractivity contribution in [3.05, 3.63) is 42.0 Å². The van der Waals surface area contributed by atoms with Gasteiger partial charge in [0.1, 0.15) is 0 Å². The van der Waals surface area contributed by atoms with Crippen LogP contribution in [0.4, 0.5) is 5.69 Å². The molecule has 0 aliphatic heterocycles. The predicted molar refractivity (Wildman–Crippen MR) is 101 cm³/mol. The number of allylic oxidation sites excluding steroid dienone is 1. The highest BCUT2D eigenvalue weighted by atomic mass is 16.5. The molecule has 4 heteroatoms. The Morgan fingerprint density at radius 3 is 2.29 bits per heavy atom. The third-order valence-electron chi connectivity index (χ3n) is 4.21. The van der Waals surface area contributed by atoms with Gasteiger partial charge in [0.05, 0.1) is 12.5 Å². The van der Waals surface area contributed by atoms with Crippen molar-refractivity contribution in [3.63, 3.8) is 0 Å². The monoisotopic (exact) mass is 332 g/mol. The van der Waals surface area contributed by atoms with Crippen LogP contribution in [-0.2, 0) is 14.9 Å². The zero-order valence-electron chi connectivity index (χ0n) is 15.8. The minimum absolute atomic E-state index is 0.0991. The lowest BCUT2D eigenvalue weighted by Crippen LogP contribution is -2.27. The van der Waals surface area contributed by atoms with Gasteiger partial charge < -0.3 is 15.8 Å². The summed E-state index contributed by atoms with van der Waals surface area (Å²) >= 11 is 0. The number of rotatable bonds is 8. The maximum Gasteiger partial charge on any atom is 0.309 e. The maximum absolute atomic E-state index is 11.8. The molecule has 1 aromatic rings. The summed E-state index contributed by atoms with van der Waals surface area (Å²) in [6.07, 6.45) is 4.31. The Morgan fingerprint density at radius 1 is 1.21 bits per heavy atom. The normalized spacial score (nSPS) is 13.8. The van der Waals surface area contributed by atoms with Gasteiger partial charge in [-0.1, -0.05) is 58.9 Å². The molecule has 0 amide bonds. The number of anilines is 1. The summed E-state index contributed by atoms with van der Waals surface area (Å²) in [5.41, 5.74) is 7.50. The van der Waals surface area contributed by atoms with E-state index in [0.29, 0.717) is 13.2 Å². The summed E-state index contributed by atoms with van der Waals surface area (Å²) in [4.78, 5) is 11.8. The Morgan fingerprint density at radius 2 is 1.79 bits per heavy atom. The van der Waals surface area contributed by atoms with E-state index in [0.717, 1.165) is 5.69 Å². The molecule has 0 radical (unpaired) electrons. The minimum atomic E-state index is -0.257. The summed E-state index contributed by atoms with van der Waals surface area (Å²) in [7, 11) is 1.91. The lowest BCUT2D eigenvalue weighted by molar-refractivity contribution is -0.149. The molecule has 1 atom stereocenters. The van der Waals surface area contributed by atoms with Crippen molar-refractivity contribution in [2.45, 2.75) is 40.0 Å². The number of nitrogens with two attached hydrogens (primary N) is 1. The van der Waals surface area contributed by atoms with Crippen molar-refractivity contribution in [1.29, 1.82) is 0 Å². The molecule has 4 nitrogen and oxygen atoms in total. The van der Waals surface area contributed by atoms with Crippen LogP contribution in [0.1, 0.15) is 40.2 Å². The van der Waals surface area contributed by atoms with Gasteiger partial charge in [-0.05, 0) is 17.7 Å². The Labute approximate surface area is 146 Å². The average Bonchev–Trinajstić information content (AvgIpc) is 2.57. The third-order valence-corrected chi connectivity index (χ3v) is 4.21. The van der Waals surface area contributed by atoms with E-state index in [1.807, 2.05) is 7.05 Å². The molecule has 24 heavy (non-hydrogen) atoms. The Hall–Kier alpha value is -1.81. The molecule has 0 aliphatic carbocycles. The maximum atomic E-state index is 11.8. The number of hydrogen-bond donors (Lipinski definition) is 2. The first-order chi connectivity index (χ1) is 11.1. The number of carbonyl (C=O) groups excluding carboxylic acids is 1. The fourth-order valence-corrected chi connectivity index (χ4v) is 2.14. The second-order valence-electron chi connectivity index (χ2n) is 7.62. The summed E-state index contributed by atoms with van der Waals surface area (Å²) in [6, 6.07) is 8.41. The Bertz CT molecular complexity index is 560. The number of hydrogen-bond acceptors (Lipinski definition) is 4. The molecule has 3 N–H and O–H groups in total. The average molecular weight is 332 g/mol. The summed E-state index contributed by atoms with van der Waals surface area (Å²) < 4.78 is 5.38. The van der Waals surface area contributed by atoms with Crippen LogP contribution in [0.3, 0.4) is 0 Å². The van der Waals surface area contributed by atoms with Crippen molar-refractivity contribution in [3.8, 4) is 0 Å². The van der Waals surface area contributed by atoms with Gasteiger partial charge in [0, 0.05) is 30.1 Å². The van der Waals surface area contributed by atoms with Crippen molar-refractivity contribution < 1.29 is 9.53 Å². The number of nitrogens with one attached hydrogen (secondary N) is 1. The van der Waals surface area contributed by atoms with Gasteiger partial charge in [0.15, 0.2) is 0 Å². The van der Waals surface area contributed by atoms with E-state index in [1.54, 1.807) is 6.92 Å². The van der Waals surface area contributed by atoms with Gasteiger partial charge in [-0.25, -0.2) is 0 Å². The smallest absolute Gasteiger partial charge is 0.309 e. The molecule has 0 aliphatic rings. The van der Waals surface area contributed by atoms with Crippen molar-refractivity contribution in [2.75, 3.05) is 25.5 Å². The first kappa shape index (κ1) is 20.2. The highest BCUT2D eigenvalue weighted by Crippen LogP contribution is 2.29. The molecule has 0 fully saturated rings. The molecule has 1 unspecified atom stereocenters. The summed E-state index contributed by atoms with van der Waals surface area (Å²) in [5, 5.41) is 3.13. The number of esters is 1. The Kier molecular flexibility index (Phi) is 7.03. The van der Waals surface area contributed by atoms with Crippen LogP contribution in [0.5, 0.6) is 0 Å².